The summed E-state index contributed by atoms with van der Waals surface area (Å²) in [5.74, 6) is 1.84. The minimum Gasteiger partial charge on any atom is -0.483 e. The highest BCUT2D eigenvalue weighted by atomic mass is 16.5. The number of carbonyl (C=O) groups excluding carboxylic acids is 1. The molecule has 1 aromatic rings. The molecule has 134 valence electrons. The number of carbonyl (C=O) groups is 2. The number of carboxylic acid groups (broad SMARTS) is 1. The molecule has 0 bridgehead atoms. The molecule has 24 heavy (non-hydrogen) atoms. The molecule has 1 atom stereocenters. The quantitative estimate of drug-likeness (QED) is 0.747. The predicted octanol–water partition coefficient (Wildman–Crippen LogP) is 0.0272. The summed E-state index contributed by atoms with van der Waals surface area (Å²) >= 11 is 0. The van der Waals surface area contributed by atoms with E-state index in [0.717, 1.165) is 70.2 Å². The van der Waals surface area contributed by atoms with Crippen molar-refractivity contribution in [3.63, 3.8) is 0 Å². The largest absolute Gasteiger partial charge is 0.483 e. The van der Waals surface area contributed by atoms with E-state index in [9.17, 15) is 4.79 Å². The lowest BCUT2D eigenvalue weighted by Crippen LogP contribution is -2.41. The van der Waals surface area contributed by atoms with Crippen molar-refractivity contribution in [1.82, 2.24) is 25.0 Å². The average Bonchev–Trinajstić information content (AvgIpc) is 3.17. The summed E-state index contributed by atoms with van der Waals surface area (Å²) in [6, 6.07) is 0. The first-order valence-corrected chi connectivity index (χ1v) is 8.22. The zero-order valence-electron chi connectivity index (χ0n) is 14.0. The third kappa shape index (κ3) is 5.27. The number of hydrogen-bond donors (Lipinski definition) is 2. The lowest BCUT2D eigenvalue weighted by atomic mass is 10.2. The molecule has 1 aromatic heterocycles. The average molecular weight is 339 g/mol. The van der Waals surface area contributed by atoms with Gasteiger partial charge in [0.05, 0.1) is 6.54 Å². The molecule has 9 nitrogen and oxygen atoms in total. The number of hydrogen-bond acceptors (Lipinski definition) is 6. The maximum absolute atomic E-state index is 12.4. The monoisotopic (exact) mass is 339 g/mol. The van der Waals surface area contributed by atoms with E-state index in [2.05, 4.69) is 20.1 Å². The first-order chi connectivity index (χ1) is 11.6. The van der Waals surface area contributed by atoms with Crippen LogP contribution in [0.25, 0.3) is 0 Å². The zero-order chi connectivity index (χ0) is 17.4. The highest BCUT2D eigenvalue weighted by Crippen LogP contribution is 2.16. The summed E-state index contributed by atoms with van der Waals surface area (Å²) in [6.45, 7) is 6.55. The van der Waals surface area contributed by atoms with E-state index in [1.165, 1.54) is 0 Å². The predicted molar refractivity (Wildman–Crippen MR) is 85.3 cm³/mol. The molecule has 0 aromatic carbocycles. The Bertz CT molecular complexity index is 530. The third-order valence-corrected chi connectivity index (χ3v) is 4.11. The summed E-state index contributed by atoms with van der Waals surface area (Å²) < 4.78 is 5.51. The zero-order valence-corrected chi connectivity index (χ0v) is 14.0. The summed E-state index contributed by atoms with van der Waals surface area (Å²) in [5, 5.41) is 13.9. The fourth-order valence-electron chi connectivity index (χ4n) is 2.99. The Morgan fingerprint density at radius 1 is 1.38 bits per heavy atom. The van der Waals surface area contributed by atoms with Crippen molar-refractivity contribution in [2.24, 2.45) is 0 Å². The van der Waals surface area contributed by atoms with E-state index in [4.69, 9.17) is 14.6 Å². The van der Waals surface area contributed by atoms with Gasteiger partial charge in [-0.15, -0.1) is 0 Å². The second-order valence-electron chi connectivity index (χ2n) is 5.90. The number of aryl methyl sites for hydroxylation is 1. The number of nitrogens with one attached hydrogen (secondary N) is 1. The van der Waals surface area contributed by atoms with E-state index < -0.39 is 0 Å². The smallest absolute Gasteiger partial charge is 0.290 e. The number of ether oxygens (including phenoxy) is 1. The van der Waals surface area contributed by atoms with Gasteiger partial charge in [-0.3, -0.25) is 19.6 Å². The molecular formula is C15H25N5O4. The summed E-state index contributed by atoms with van der Waals surface area (Å²) in [5.41, 5.74) is 0. The minimum atomic E-state index is -0.250. The summed E-state index contributed by atoms with van der Waals surface area (Å²) in [6.07, 6.45) is 2.66. The number of amides is 1. The molecule has 0 unspecified atom stereocenters. The van der Waals surface area contributed by atoms with E-state index in [1.54, 1.807) is 0 Å². The van der Waals surface area contributed by atoms with Crippen LogP contribution in [0, 0.1) is 6.92 Å². The van der Waals surface area contributed by atoms with Crippen LogP contribution in [-0.4, -0.2) is 81.4 Å². The van der Waals surface area contributed by atoms with Crippen LogP contribution in [0.4, 0.5) is 0 Å². The SMILES string of the molecule is Cc1nc(CN2CCCN(C(=O)[C@H]3CCCO3)CC2)n[nH]1.O=CO. The van der Waals surface area contributed by atoms with Gasteiger partial charge < -0.3 is 14.7 Å². The van der Waals surface area contributed by atoms with E-state index in [1.807, 2.05) is 11.8 Å². The van der Waals surface area contributed by atoms with E-state index in [0.29, 0.717) is 0 Å². The van der Waals surface area contributed by atoms with Gasteiger partial charge in [-0.1, -0.05) is 0 Å². The third-order valence-electron chi connectivity index (χ3n) is 4.11. The fourth-order valence-corrected chi connectivity index (χ4v) is 2.99. The molecule has 0 spiro atoms. The molecule has 3 heterocycles. The van der Waals surface area contributed by atoms with Gasteiger partial charge in [-0.2, -0.15) is 5.10 Å². The number of H-pyrrole nitrogens is 1. The van der Waals surface area contributed by atoms with Gasteiger partial charge in [0.1, 0.15) is 11.9 Å². The van der Waals surface area contributed by atoms with Crippen LogP contribution in [-0.2, 0) is 20.9 Å². The Morgan fingerprint density at radius 2 is 2.17 bits per heavy atom. The number of rotatable bonds is 3. The number of nitrogens with zero attached hydrogens (tertiary/aromatic N) is 4. The highest BCUT2D eigenvalue weighted by molar-refractivity contribution is 5.81. The molecular weight excluding hydrogens is 314 g/mol. The second kappa shape index (κ2) is 9.33. The molecule has 0 radical (unpaired) electrons. The van der Waals surface area contributed by atoms with Crippen LogP contribution in [0.5, 0.6) is 0 Å². The molecule has 1 amide bonds. The lowest BCUT2D eigenvalue weighted by Gasteiger charge is -2.23. The maximum Gasteiger partial charge on any atom is 0.290 e. The van der Waals surface area contributed by atoms with Gasteiger partial charge in [0.15, 0.2) is 5.82 Å². The lowest BCUT2D eigenvalue weighted by molar-refractivity contribution is -0.140. The first-order valence-electron chi connectivity index (χ1n) is 8.22. The molecule has 3 rings (SSSR count). The second-order valence-corrected chi connectivity index (χ2v) is 5.90. The van der Waals surface area contributed by atoms with Gasteiger partial charge in [0.2, 0.25) is 0 Å². The van der Waals surface area contributed by atoms with Crippen molar-refractivity contribution >= 4 is 12.4 Å². The Hall–Kier alpha value is -2.00. The summed E-state index contributed by atoms with van der Waals surface area (Å²) in [4.78, 5) is 29.3. The first kappa shape index (κ1) is 18.3. The molecule has 2 N–H and O–H groups in total. The normalized spacial score (nSPS) is 21.7. The highest BCUT2D eigenvalue weighted by Gasteiger charge is 2.29. The van der Waals surface area contributed by atoms with Crippen molar-refractivity contribution < 1.29 is 19.4 Å². The Kier molecular flexibility index (Phi) is 7.13. The topological polar surface area (TPSA) is 112 Å². The van der Waals surface area contributed by atoms with Crippen molar-refractivity contribution in [3.05, 3.63) is 11.6 Å². The molecule has 2 fully saturated rings. The molecule has 0 aliphatic carbocycles. The van der Waals surface area contributed by atoms with Crippen LogP contribution >= 0.6 is 0 Å². The van der Waals surface area contributed by atoms with Crippen LogP contribution in [0.1, 0.15) is 30.9 Å². The van der Waals surface area contributed by atoms with Crippen LogP contribution in [0.3, 0.4) is 0 Å². The molecule has 2 aliphatic heterocycles. The van der Waals surface area contributed by atoms with E-state index >= 15 is 0 Å². The van der Waals surface area contributed by atoms with Crippen LogP contribution < -0.4 is 0 Å². The number of aromatic amines is 1. The Morgan fingerprint density at radius 3 is 2.79 bits per heavy atom. The Balaban J connectivity index is 0.000000647. The molecule has 2 aliphatic rings. The standard InChI is InChI=1S/C14H23N5O2.CH2O2/c1-11-15-13(17-16-11)10-18-5-3-6-19(8-7-18)14(20)12-4-2-9-21-12;2-1-3/h12H,2-10H2,1H3,(H,15,16,17);1H,(H,2,3)/t12-;/m1./s1. The van der Waals surface area contributed by atoms with Crippen molar-refractivity contribution in [2.45, 2.75) is 38.8 Å². The van der Waals surface area contributed by atoms with Crippen molar-refractivity contribution in [1.29, 1.82) is 0 Å². The van der Waals surface area contributed by atoms with E-state index in [-0.39, 0.29) is 18.5 Å². The van der Waals surface area contributed by atoms with Gasteiger partial charge in [0, 0.05) is 32.8 Å². The molecule has 9 heteroatoms. The summed E-state index contributed by atoms with van der Waals surface area (Å²) in [7, 11) is 0. The number of aromatic nitrogens is 3. The van der Waals surface area contributed by atoms with Gasteiger partial charge >= 0.3 is 0 Å². The van der Waals surface area contributed by atoms with Crippen molar-refractivity contribution in [3.8, 4) is 0 Å². The van der Waals surface area contributed by atoms with Gasteiger partial charge in [-0.05, 0) is 26.2 Å². The van der Waals surface area contributed by atoms with Crippen LogP contribution in [0.2, 0.25) is 0 Å². The fraction of sp³-hybridized carbons (Fsp3) is 0.733. The van der Waals surface area contributed by atoms with Crippen LogP contribution in [0.15, 0.2) is 0 Å². The Labute approximate surface area is 141 Å². The van der Waals surface area contributed by atoms with Gasteiger partial charge in [-0.25, -0.2) is 4.98 Å². The van der Waals surface area contributed by atoms with Gasteiger partial charge in [0.25, 0.3) is 12.4 Å². The molecule has 0 saturated carbocycles. The minimum absolute atomic E-state index is 0.170. The maximum atomic E-state index is 12.4. The van der Waals surface area contributed by atoms with Crippen molar-refractivity contribution in [2.75, 3.05) is 32.8 Å². The molecule has 2 saturated heterocycles.